The van der Waals surface area contributed by atoms with E-state index in [0.717, 1.165) is 5.56 Å². The van der Waals surface area contributed by atoms with Gasteiger partial charge in [0.15, 0.2) is 11.8 Å². The molecule has 1 aliphatic heterocycles. The SMILES string of the molecule is CCOC(CN1C(=O)C(NC(=O)Nc2ccc(N)cc2)(C(C(N)=O)c2ccc(C)cc2)c2ccccc21)OCC. The highest BCUT2D eigenvalue weighted by atomic mass is 16.7. The normalized spacial score (nSPS) is 17.0. The summed E-state index contributed by atoms with van der Waals surface area (Å²) in [5.41, 5.74) is 13.3. The molecular formula is C30H35N5O5. The molecule has 0 saturated heterocycles. The predicted octanol–water partition coefficient (Wildman–Crippen LogP) is 3.61. The number of nitrogens with two attached hydrogens (primary N) is 2. The maximum Gasteiger partial charge on any atom is 0.320 e. The van der Waals surface area contributed by atoms with Gasteiger partial charge in [-0.3, -0.25) is 9.59 Å². The lowest BCUT2D eigenvalue weighted by molar-refractivity contribution is -0.139. The summed E-state index contributed by atoms with van der Waals surface area (Å²) in [5, 5.41) is 5.61. The number of nitrogen functional groups attached to an aromatic ring is 1. The number of anilines is 3. The van der Waals surface area contributed by atoms with Crippen LogP contribution < -0.4 is 27.0 Å². The molecule has 0 aromatic heterocycles. The lowest BCUT2D eigenvalue weighted by Gasteiger charge is -2.36. The number of rotatable bonds is 11. The third-order valence-electron chi connectivity index (χ3n) is 6.85. The molecule has 4 amide bonds. The molecule has 10 nitrogen and oxygen atoms in total. The summed E-state index contributed by atoms with van der Waals surface area (Å²) in [6, 6.07) is 20.0. The number of benzene rings is 3. The molecule has 2 atom stereocenters. The van der Waals surface area contributed by atoms with Crippen molar-refractivity contribution in [3.63, 3.8) is 0 Å². The number of amides is 4. The van der Waals surface area contributed by atoms with Crippen LogP contribution in [0.4, 0.5) is 21.9 Å². The fourth-order valence-corrected chi connectivity index (χ4v) is 5.10. The minimum absolute atomic E-state index is 0.0416. The van der Waals surface area contributed by atoms with Crippen LogP contribution in [0, 0.1) is 6.92 Å². The summed E-state index contributed by atoms with van der Waals surface area (Å²) >= 11 is 0. The summed E-state index contributed by atoms with van der Waals surface area (Å²) in [7, 11) is 0. The molecule has 0 spiro atoms. The summed E-state index contributed by atoms with van der Waals surface area (Å²) in [5.74, 6) is -2.54. The molecule has 1 heterocycles. The average Bonchev–Trinajstić information content (AvgIpc) is 3.14. The van der Waals surface area contributed by atoms with Gasteiger partial charge < -0.3 is 36.5 Å². The van der Waals surface area contributed by atoms with E-state index in [-0.39, 0.29) is 6.54 Å². The van der Waals surface area contributed by atoms with E-state index >= 15 is 0 Å². The number of hydrogen-bond donors (Lipinski definition) is 4. The highest BCUT2D eigenvalue weighted by molar-refractivity contribution is 6.13. The van der Waals surface area contributed by atoms with Crippen molar-refractivity contribution < 1.29 is 23.9 Å². The van der Waals surface area contributed by atoms with Crippen LogP contribution in [0.15, 0.2) is 72.8 Å². The van der Waals surface area contributed by atoms with Crippen molar-refractivity contribution >= 4 is 34.9 Å². The van der Waals surface area contributed by atoms with Crippen LogP contribution in [0.3, 0.4) is 0 Å². The predicted molar refractivity (Wildman–Crippen MR) is 154 cm³/mol. The number of nitrogens with one attached hydrogen (secondary N) is 2. The van der Waals surface area contributed by atoms with Gasteiger partial charge in [-0.1, -0.05) is 48.0 Å². The van der Waals surface area contributed by atoms with Gasteiger partial charge in [0.1, 0.15) is 0 Å². The van der Waals surface area contributed by atoms with Gasteiger partial charge in [-0.15, -0.1) is 0 Å². The van der Waals surface area contributed by atoms with Crippen molar-refractivity contribution in [3.8, 4) is 0 Å². The van der Waals surface area contributed by atoms with Gasteiger partial charge in [-0.05, 0) is 56.7 Å². The molecule has 4 rings (SSSR count). The first-order chi connectivity index (χ1) is 19.2. The van der Waals surface area contributed by atoms with Crippen LogP contribution in [0.2, 0.25) is 0 Å². The first-order valence-electron chi connectivity index (χ1n) is 13.2. The Bertz CT molecular complexity index is 1360. The lowest BCUT2D eigenvalue weighted by atomic mass is 9.74. The molecule has 0 bridgehead atoms. The van der Waals surface area contributed by atoms with Crippen LogP contribution in [-0.2, 0) is 24.6 Å². The number of nitrogens with zero attached hydrogens (tertiary/aromatic N) is 1. The first-order valence-corrected chi connectivity index (χ1v) is 13.2. The second-order valence-electron chi connectivity index (χ2n) is 9.53. The largest absolute Gasteiger partial charge is 0.399 e. The molecule has 0 fully saturated rings. The van der Waals surface area contributed by atoms with E-state index in [1.807, 2.05) is 32.9 Å². The second kappa shape index (κ2) is 12.2. The van der Waals surface area contributed by atoms with Gasteiger partial charge in [0, 0.05) is 30.2 Å². The van der Waals surface area contributed by atoms with Gasteiger partial charge in [0.05, 0.1) is 18.2 Å². The first kappa shape index (κ1) is 28.6. The standard InChI is InChI=1S/C30H35N5O5/c1-4-39-25(40-5-2)18-35-24-9-7-6-8-23(24)30(28(35)37,26(27(32)36)20-12-10-19(3)11-13-20)34-29(38)33-22-16-14-21(31)15-17-22/h6-17,25-26H,4-5,18,31H2,1-3H3,(H2,32,36)(H2,33,34,38). The Morgan fingerprint density at radius 1 is 0.950 bits per heavy atom. The van der Waals surface area contributed by atoms with E-state index in [0.29, 0.717) is 41.4 Å². The van der Waals surface area contributed by atoms with Gasteiger partial charge >= 0.3 is 6.03 Å². The molecule has 210 valence electrons. The smallest absolute Gasteiger partial charge is 0.320 e. The topological polar surface area (TPSA) is 149 Å². The van der Waals surface area contributed by atoms with Crippen LogP contribution >= 0.6 is 0 Å². The van der Waals surface area contributed by atoms with Crippen molar-refractivity contribution in [1.82, 2.24) is 5.32 Å². The van der Waals surface area contributed by atoms with E-state index in [1.165, 1.54) is 4.90 Å². The van der Waals surface area contributed by atoms with Gasteiger partial charge in [0.2, 0.25) is 5.91 Å². The van der Waals surface area contributed by atoms with Crippen molar-refractivity contribution in [3.05, 3.63) is 89.5 Å². The highest BCUT2D eigenvalue weighted by Gasteiger charge is 2.59. The number of primary amides is 1. The Morgan fingerprint density at radius 3 is 2.17 bits per heavy atom. The molecule has 0 radical (unpaired) electrons. The molecule has 10 heteroatoms. The van der Waals surface area contributed by atoms with Crippen LogP contribution in [0.5, 0.6) is 0 Å². The number of para-hydroxylation sites is 1. The Kier molecular flexibility index (Phi) is 8.71. The van der Waals surface area contributed by atoms with E-state index in [4.69, 9.17) is 20.9 Å². The molecule has 0 aliphatic carbocycles. The number of fused-ring (bicyclic) bond motifs is 1. The van der Waals surface area contributed by atoms with Crippen molar-refractivity contribution in [2.75, 3.05) is 35.7 Å². The zero-order valence-corrected chi connectivity index (χ0v) is 22.8. The maximum atomic E-state index is 14.6. The molecule has 1 aliphatic rings. The van der Waals surface area contributed by atoms with Crippen molar-refractivity contribution in [1.29, 1.82) is 0 Å². The monoisotopic (exact) mass is 545 g/mol. The third-order valence-corrected chi connectivity index (χ3v) is 6.85. The second-order valence-corrected chi connectivity index (χ2v) is 9.53. The van der Waals surface area contributed by atoms with E-state index < -0.39 is 35.6 Å². The fraction of sp³-hybridized carbons (Fsp3) is 0.300. The number of hydrogen-bond acceptors (Lipinski definition) is 6. The minimum atomic E-state index is -1.86. The quantitative estimate of drug-likeness (QED) is 0.214. The summed E-state index contributed by atoms with van der Waals surface area (Å²) < 4.78 is 11.5. The summed E-state index contributed by atoms with van der Waals surface area (Å²) in [6.07, 6.45) is -0.724. The van der Waals surface area contributed by atoms with Gasteiger partial charge in [-0.25, -0.2) is 4.79 Å². The van der Waals surface area contributed by atoms with E-state index in [2.05, 4.69) is 10.6 Å². The molecule has 3 aromatic carbocycles. The van der Waals surface area contributed by atoms with Crippen molar-refractivity contribution in [2.24, 2.45) is 5.73 Å². The molecule has 6 N–H and O–H groups in total. The van der Waals surface area contributed by atoms with Gasteiger partial charge in [-0.2, -0.15) is 0 Å². The van der Waals surface area contributed by atoms with Crippen LogP contribution in [0.25, 0.3) is 0 Å². The van der Waals surface area contributed by atoms with E-state index in [9.17, 15) is 14.4 Å². The zero-order valence-electron chi connectivity index (χ0n) is 22.8. The van der Waals surface area contributed by atoms with Crippen LogP contribution in [-0.4, -0.2) is 43.9 Å². The molecule has 40 heavy (non-hydrogen) atoms. The molecule has 3 aromatic rings. The molecular weight excluding hydrogens is 510 g/mol. The lowest BCUT2D eigenvalue weighted by Crippen LogP contribution is -2.60. The minimum Gasteiger partial charge on any atom is -0.399 e. The number of urea groups is 1. The summed E-state index contributed by atoms with van der Waals surface area (Å²) in [6.45, 7) is 6.36. The fourth-order valence-electron chi connectivity index (χ4n) is 5.10. The number of ether oxygens (including phenoxy) is 2. The Labute approximate surface area is 233 Å². The Balaban J connectivity index is 1.86. The number of aryl methyl sites for hydroxylation is 1. The van der Waals surface area contributed by atoms with E-state index in [1.54, 1.807) is 60.7 Å². The zero-order chi connectivity index (χ0) is 28.9. The highest BCUT2D eigenvalue weighted by Crippen LogP contribution is 2.48. The summed E-state index contributed by atoms with van der Waals surface area (Å²) in [4.78, 5) is 42.9. The van der Waals surface area contributed by atoms with Crippen LogP contribution in [0.1, 0.15) is 36.5 Å². The Morgan fingerprint density at radius 2 is 1.57 bits per heavy atom. The van der Waals surface area contributed by atoms with Gasteiger partial charge in [0.25, 0.3) is 5.91 Å². The average molecular weight is 546 g/mol. The molecule has 0 saturated carbocycles. The number of carbonyl (C=O) groups is 3. The number of carbonyl (C=O) groups excluding carboxylic acids is 3. The Hall–Kier alpha value is -4.41. The third kappa shape index (κ3) is 5.63. The maximum absolute atomic E-state index is 14.6. The molecule has 2 unspecified atom stereocenters. The van der Waals surface area contributed by atoms with Crippen molar-refractivity contribution in [2.45, 2.75) is 38.5 Å².